The van der Waals surface area contributed by atoms with E-state index in [1.54, 1.807) is 46.3 Å². The topological polar surface area (TPSA) is 75.5 Å². The summed E-state index contributed by atoms with van der Waals surface area (Å²) in [6.07, 6.45) is 0.710. The van der Waals surface area contributed by atoms with Crippen molar-refractivity contribution in [3.63, 3.8) is 0 Å². The highest BCUT2D eigenvalue weighted by atomic mass is 79.9. The Kier molecular flexibility index (Phi) is 6.30. The first-order valence-corrected chi connectivity index (χ1v) is 12.5. The molecule has 7 nitrogen and oxygen atoms in total. The van der Waals surface area contributed by atoms with Gasteiger partial charge in [0.05, 0.1) is 21.8 Å². The molecule has 0 amide bonds. The van der Waals surface area contributed by atoms with Gasteiger partial charge in [-0.3, -0.25) is 14.3 Å². The maximum absolute atomic E-state index is 13.1. The molecule has 164 valence electrons. The maximum atomic E-state index is 13.1. The first kappa shape index (κ1) is 22.1. The van der Waals surface area contributed by atoms with Crippen LogP contribution in [0.1, 0.15) is 25.2 Å². The first-order chi connectivity index (χ1) is 14.8. The van der Waals surface area contributed by atoms with Gasteiger partial charge in [-0.05, 0) is 49.7 Å². The van der Waals surface area contributed by atoms with E-state index < -0.39 is 10.0 Å². The summed E-state index contributed by atoms with van der Waals surface area (Å²) in [5, 5.41) is 0.601. The van der Waals surface area contributed by atoms with Crippen LogP contribution in [-0.2, 0) is 17.1 Å². The average molecular weight is 505 g/mol. The lowest BCUT2D eigenvalue weighted by Gasteiger charge is -2.28. The van der Waals surface area contributed by atoms with Crippen molar-refractivity contribution in [2.75, 3.05) is 26.2 Å². The predicted molar refractivity (Wildman–Crippen MR) is 124 cm³/mol. The second kappa shape index (κ2) is 8.82. The number of hydrogen-bond acceptors (Lipinski definition) is 5. The van der Waals surface area contributed by atoms with Crippen LogP contribution >= 0.6 is 15.9 Å². The van der Waals surface area contributed by atoms with Gasteiger partial charge in [-0.25, -0.2) is 13.4 Å². The summed E-state index contributed by atoms with van der Waals surface area (Å²) in [6.45, 7) is 4.18. The van der Waals surface area contributed by atoms with Gasteiger partial charge in [0.2, 0.25) is 10.0 Å². The van der Waals surface area contributed by atoms with Crippen LogP contribution in [0.2, 0.25) is 0 Å². The average Bonchev–Trinajstić information content (AvgIpc) is 3.03. The van der Waals surface area contributed by atoms with Gasteiger partial charge in [0.15, 0.2) is 0 Å². The van der Waals surface area contributed by atoms with Crippen molar-refractivity contribution in [1.82, 2.24) is 18.8 Å². The molecule has 1 saturated heterocycles. The third-order valence-corrected chi connectivity index (χ3v) is 8.32. The summed E-state index contributed by atoms with van der Waals surface area (Å²) in [7, 11) is -1.80. The molecule has 3 aromatic rings. The predicted octanol–water partition coefficient (Wildman–Crippen LogP) is 3.15. The smallest absolute Gasteiger partial charge is 0.261 e. The second-order valence-electron chi connectivity index (χ2n) is 7.77. The van der Waals surface area contributed by atoms with Crippen LogP contribution < -0.4 is 5.56 Å². The van der Waals surface area contributed by atoms with Crippen molar-refractivity contribution < 1.29 is 8.42 Å². The van der Waals surface area contributed by atoms with Gasteiger partial charge in [0.25, 0.3) is 5.56 Å². The van der Waals surface area contributed by atoms with Gasteiger partial charge in [-0.1, -0.05) is 28.1 Å². The van der Waals surface area contributed by atoms with E-state index in [1.807, 2.05) is 25.1 Å². The number of aromatic nitrogens is 2. The van der Waals surface area contributed by atoms with Crippen LogP contribution in [0.3, 0.4) is 0 Å². The lowest BCUT2D eigenvalue weighted by molar-refractivity contribution is 0.209. The van der Waals surface area contributed by atoms with Gasteiger partial charge in [-0.2, -0.15) is 4.31 Å². The normalized spacial score (nSPS) is 17.5. The summed E-state index contributed by atoms with van der Waals surface area (Å²) in [5.74, 6) is 0.688. The molecule has 0 bridgehead atoms. The van der Waals surface area contributed by atoms with Crippen molar-refractivity contribution in [3.8, 4) is 0 Å². The van der Waals surface area contributed by atoms with Crippen molar-refractivity contribution in [3.05, 3.63) is 69.2 Å². The van der Waals surface area contributed by atoms with Crippen LogP contribution in [0.4, 0.5) is 0 Å². The molecule has 1 aromatic heterocycles. The number of hydrogen-bond donors (Lipinski definition) is 0. The summed E-state index contributed by atoms with van der Waals surface area (Å²) in [5.41, 5.74) is 0.614. The molecule has 0 aliphatic carbocycles. The maximum Gasteiger partial charge on any atom is 0.261 e. The van der Waals surface area contributed by atoms with E-state index in [1.165, 1.54) is 0 Å². The van der Waals surface area contributed by atoms with Crippen molar-refractivity contribution in [2.45, 2.75) is 24.3 Å². The summed E-state index contributed by atoms with van der Waals surface area (Å²) in [4.78, 5) is 20.0. The van der Waals surface area contributed by atoms with Crippen LogP contribution in [0.25, 0.3) is 10.9 Å². The van der Waals surface area contributed by atoms with Crippen LogP contribution in [0.5, 0.6) is 0 Å². The molecule has 1 aliphatic heterocycles. The number of sulfonamides is 1. The largest absolute Gasteiger partial charge is 0.298 e. The molecule has 1 unspecified atom stereocenters. The quantitative estimate of drug-likeness (QED) is 0.545. The minimum Gasteiger partial charge on any atom is -0.298 e. The van der Waals surface area contributed by atoms with Crippen molar-refractivity contribution in [2.24, 2.45) is 7.05 Å². The van der Waals surface area contributed by atoms with Crippen molar-refractivity contribution >= 4 is 36.9 Å². The molecule has 0 saturated carbocycles. The Labute approximate surface area is 190 Å². The van der Waals surface area contributed by atoms with E-state index in [9.17, 15) is 13.2 Å². The Morgan fingerprint density at radius 1 is 1.00 bits per heavy atom. The monoisotopic (exact) mass is 504 g/mol. The van der Waals surface area contributed by atoms with Crippen molar-refractivity contribution in [1.29, 1.82) is 0 Å². The number of fused-ring (bicyclic) bond motifs is 1. The molecule has 0 spiro atoms. The van der Waals surface area contributed by atoms with Gasteiger partial charge in [0, 0.05) is 37.7 Å². The van der Waals surface area contributed by atoms with Gasteiger partial charge >= 0.3 is 0 Å². The molecular weight excluding hydrogens is 480 g/mol. The summed E-state index contributed by atoms with van der Waals surface area (Å²) >= 11 is 3.35. The molecular formula is C22H25BrN4O3S. The van der Waals surface area contributed by atoms with Crippen LogP contribution in [0.15, 0.2) is 62.7 Å². The Bertz CT molecular complexity index is 1260. The zero-order valence-corrected chi connectivity index (χ0v) is 19.9. The van der Waals surface area contributed by atoms with E-state index in [0.717, 1.165) is 11.0 Å². The van der Waals surface area contributed by atoms with E-state index in [4.69, 9.17) is 4.98 Å². The highest BCUT2D eigenvalue weighted by Gasteiger charge is 2.29. The fraction of sp³-hybridized carbons (Fsp3) is 0.364. The summed E-state index contributed by atoms with van der Waals surface area (Å²) in [6, 6.07) is 14.0. The molecule has 1 fully saturated rings. The molecule has 2 heterocycles. The zero-order chi connectivity index (χ0) is 22.2. The molecule has 4 rings (SSSR count). The molecule has 9 heteroatoms. The number of nitrogens with zero attached hydrogens (tertiary/aromatic N) is 4. The molecule has 0 N–H and O–H groups in total. The molecule has 2 aromatic carbocycles. The molecule has 1 aliphatic rings. The van der Waals surface area contributed by atoms with Gasteiger partial charge < -0.3 is 0 Å². The van der Waals surface area contributed by atoms with E-state index in [0.29, 0.717) is 47.7 Å². The highest BCUT2D eigenvalue weighted by molar-refractivity contribution is 9.10. The SMILES string of the molecule is CC(c1nc2ccccc2c(=O)n1C)N1CCCN(S(=O)(=O)c2ccc(Br)cc2)CC1. The molecule has 1 atom stereocenters. The fourth-order valence-electron chi connectivity index (χ4n) is 4.07. The first-order valence-electron chi connectivity index (χ1n) is 10.2. The Morgan fingerprint density at radius 2 is 1.71 bits per heavy atom. The lowest BCUT2D eigenvalue weighted by atomic mass is 10.2. The van der Waals surface area contributed by atoms with E-state index >= 15 is 0 Å². The Morgan fingerprint density at radius 3 is 2.45 bits per heavy atom. The van der Waals surface area contributed by atoms with Crippen LogP contribution in [-0.4, -0.2) is 53.4 Å². The fourth-order valence-corrected chi connectivity index (χ4v) is 5.80. The van der Waals surface area contributed by atoms with E-state index in [2.05, 4.69) is 20.8 Å². The lowest BCUT2D eigenvalue weighted by Crippen LogP contribution is -2.37. The zero-order valence-electron chi connectivity index (χ0n) is 17.5. The second-order valence-corrected chi connectivity index (χ2v) is 10.6. The minimum absolute atomic E-state index is 0.0679. The number of benzene rings is 2. The van der Waals surface area contributed by atoms with Gasteiger partial charge in [-0.15, -0.1) is 0 Å². The minimum atomic E-state index is -3.54. The molecule has 31 heavy (non-hydrogen) atoms. The third kappa shape index (κ3) is 4.32. The Balaban J connectivity index is 1.56. The third-order valence-electron chi connectivity index (χ3n) is 5.88. The highest BCUT2D eigenvalue weighted by Crippen LogP contribution is 2.24. The standard InChI is InChI=1S/C22H25BrN4O3S/c1-16(21-24-20-7-4-3-6-19(20)22(28)25(21)2)26-12-5-13-27(15-14-26)31(29,30)18-10-8-17(23)9-11-18/h3-4,6-11,16H,5,12-15H2,1-2H3. The Hall–Kier alpha value is -2.07. The van der Waals surface area contributed by atoms with Crippen LogP contribution in [0, 0.1) is 0 Å². The van der Waals surface area contributed by atoms with E-state index in [-0.39, 0.29) is 11.6 Å². The van der Waals surface area contributed by atoms with Gasteiger partial charge in [0.1, 0.15) is 5.82 Å². The summed E-state index contributed by atoms with van der Waals surface area (Å²) < 4.78 is 30.2. The number of halogens is 1. The number of rotatable bonds is 4. The molecule has 0 radical (unpaired) electrons. The number of para-hydroxylation sites is 1.